The molecule has 4 bridgehead atoms. The predicted molar refractivity (Wildman–Crippen MR) is 157 cm³/mol. The Morgan fingerprint density at radius 3 is 2.72 bits per heavy atom. The van der Waals surface area contributed by atoms with Gasteiger partial charge in [0.1, 0.15) is 11.6 Å². The van der Waals surface area contributed by atoms with Gasteiger partial charge < -0.3 is 16.0 Å². The fourth-order valence-corrected chi connectivity index (χ4v) is 5.03. The number of benzene rings is 3. The first-order chi connectivity index (χ1) is 18.8. The van der Waals surface area contributed by atoms with Gasteiger partial charge in [-0.15, -0.1) is 0 Å². The lowest BCUT2D eigenvalue weighted by Gasteiger charge is -2.25. The SMILES string of the molecule is Cc1cccc(C(C)(C)C(=O)Nc2ccc(-c3cnc4nc3NCCCNSc3cccc(c3)N4)cc2F)c1. The summed E-state index contributed by atoms with van der Waals surface area (Å²) in [5.41, 5.74) is 3.38. The molecule has 200 valence electrons. The molecule has 0 aliphatic carbocycles. The quantitative estimate of drug-likeness (QED) is 0.214. The molecule has 1 amide bonds. The number of carbonyl (C=O) groups is 1. The Morgan fingerprint density at radius 1 is 1.05 bits per heavy atom. The Hall–Kier alpha value is -3.95. The number of nitrogens with one attached hydrogen (secondary N) is 4. The molecule has 2 heterocycles. The van der Waals surface area contributed by atoms with Crippen molar-refractivity contribution in [2.45, 2.75) is 37.5 Å². The van der Waals surface area contributed by atoms with Gasteiger partial charge in [0.05, 0.1) is 11.1 Å². The van der Waals surface area contributed by atoms with E-state index >= 15 is 4.39 Å². The van der Waals surface area contributed by atoms with Gasteiger partial charge in [0, 0.05) is 35.4 Å². The normalized spacial score (nSPS) is 13.6. The van der Waals surface area contributed by atoms with E-state index < -0.39 is 11.2 Å². The molecule has 39 heavy (non-hydrogen) atoms. The van der Waals surface area contributed by atoms with Crippen molar-refractivity contribution in [1.29, 1.82) is 0 Å². The number of aromatic nitrogens is 2. The average Bonchev–Trinajstić information content (AvgIpc) is 2.92. The number of carbonyl (C=O) groups excluding carboxylic acids is 1. The van der Waals surface area contributed by atoms with Gasteiger partial charge in [-0.05, 0) is 80.6 Å². The van der Waals surface area contributed by atoms with Gasteiger partial charge in [-0.2, -0.15) is 4.98 Å². The Balaban J connectivity index is 1.39. The van der Waals surface area contributed by atoms with Crippen LogP contribution in [0.2, 0.25) is 0 Å². The number of rotatable bonds is 4. The van der Waals surface area contributed by atoms with E-state index in [9.17, 15) is 4.79 Å². The third kappa shape index (κ3) is 6.21. The molecule has 4 aromatic rings. The summed E-state index contributed by atoms with van der Waals surface area (Å²) in [7, 11) is 0. The Bertz CT molecular complexity index is 1510. The van der Waals surface area contributed by atoms with E-state index in [0.717, 1.165) is 34.7 Å². The van der Waals surface area contributed by atoms with Gasteiger partial charge in [0.2, 0.25) is 11.9 Å². The van der Waals surface area contributed by atoms with Crippen molar-refractivity contribution in [3.63, 3.8) is 0 Å². The number of hydrogen-bond acceptors (Lipinski definition) is 7. The van der Waals surface area contributed by atoms with Gasteiger partial charge in [0.15, 0.2) is 0 Å². The van der Waals surface area contributed by atoms with Crippen LogP contribution in [0, 0.1) is 12.7 Å². The van der Waals surface area contributed by atoms with Crippen molar-refractivity contribution in [3.8, 4) is 11.1 Å². The van der Waals surface area contributed by atoms with E-state index in [0.29, 0.717) is 29.4 Å². The van der Waals surface area contributed by atoms with Crippen molar-refractivity contribution in [1.82, 2.24) is 14.7 Å². The number of aryl methyl sites for hydroxylation is 1. The molecular weight excluding hydrogens is 511 g/mol. The van der Waals surface area contributed by atoms with E-state index in [1.165, 1.54) is 6.07 Å². The molecule has 5 rings (SSSR count). The van der Waals surface area contributed by atoms with Gasteiger partial charge in [0.25, 0.3) is 0 Å². The van der Waals surface area contributed by atoms with Crippen LogP contribution < -0.4 is 20.7 Å². The molecule has 0 fully saturated rings. The second-order valence-corrected chi connectivity index (χ2v) is 11.0. The fourth-order valence-electron chi connectivity index (χ4n) is 4.28. The van der Waals surface area contributed by atoms with Crippen LogP contribution in [-0.4, -0.2) is 29.0 Å². The second-order valence-electron chi connectivity index (χ2n) is 10.0. The molecule has 1 aromatic heterocycles. The zero-order chi connectivity index (χ0) is 27.4. The molecule has 0 atom stereocenters. The Labute approximate surface area is 232 Å². The molecule has 3 aromatic carbocycles. The summed E-state index contributed by atoms with van der Waals surface area (Å²) in [5, 5.41) is 9.39. The first-order valence-electron chi connectivity index (χ1n) is 12.9. The van der Waals surface area contributed by atoms with Crippen LogP contribution >= 0.6 is 11.9 Å². The summed E-state index contributed by atoms with van der Waals surface area (Å²) in [6, 6.07) is 20.5. The van der Waals surface area contributed by atoms with Crippen molar-refractivity contribution >= 4 is 41.0 Å². The first kappa shape index (κ1) is 26.6. The van der Waals surface area contributed by atoms with Crippen LogP contribution in [0.25, 0.3) is 11.1 Å². The summed E-state index contributed by atoms with van der Waals surface area (Å²) in [5.74, 6) is 0.234. The predicted octanol–water partition coefficient (Wildman–Crippen LogP) is 6.66. The highest BCUT2D eigenvalue weighted by atomic mass is 32.2. The first-order valence-corrected chi connectivity index (χ1v) is 13.7. The molecule has 0 radical (unpaired) electrons. The maximum atomic E-state index is 15.3. The van der Waals surface area contributed by atoms with E-state index in [1.54, 1.807) is 30.3 Å². The topological polar surface area (TPSA) is 91.0 Å². The van der Waals surface area contributed by atoms with Crippen LogP contribution in [0.5, 0.6) is 0 Å². The minimum atomic E-state index is -0.834. The van der Waals surface area contributed by atoms with Crippen molar-refractivity contribution in [2.24, 2.45) is 0 Å². The standard InChI is InChI=1S/C30H31FN6OS/c1-19-7-4-8-21(15-19)30(2,3)28(38)36-26-12-11-20(16-25(26)31)24-18-33-29-35-22-9-5-10-23(17-22)39-34-14-6-13-32-27(24)37-29/h4-5,7-12,15-18,34H,6,13-14H2,1-3H3,(H,36,38)(H2,32,33,35,37). The summed E-state index contributed by atoms with van der Waals surface area (Å²) >= 11 is 1.58. The third-order valence-corrected chi connectivity index (χ3v) is 7.49. The van der Waals surface area contributed by atoms with Crippen molar-refractivity contribution < 1.29 is 9.18 Å². The number of nitrogens with zero attached hydrogens (tertiary/aromatic N) is 2. The Morgan fingerprint density at radius 2 is 1.90 bits per heavy atom. The maximum absolute atomic E-state index is 15.3. The summed E-state index contributed by atoms with van der Waals surface area (Å²) in [6.07, 6.45) is 2.55. The maximum Gasteiger partial charge on any atom is 0.234 e. The highest BCUT2D eigenvalue weighted by Crippen LogP contribution is 2.32. The second kappa shape index (κ2) is 11.4. The lowest BCUT2D eigenvalue weighted by molar-refractivity contribution is -0.120. The summed E-state index contributed by atoms with van der Waals surface area (Å²) in [4.78, 5) is 23.4. The smallest absolute Gasteiger partial charge is 0.234 e. The number of amides is 1. The van der Waals surface area contributed by atoms with Crippen LogP contribution in [0.15, 0.2) is 77.8 Å². The van der Waals surface area contributed by atoms with Crippen LogP contribution in [0.4, 0.5) is 27.5 Å². The van der Waals surface area contributed by atoms with Gasteiger partial charge in [-0.3, -0.25) is 9.52 Å². The van der Waals surface area contributed by atoms with Crippen LogP contribution in [0.1, 0.15) is 31.4 Å². The molecular formula is C30H31FN6OS. The van der Waals surface area contributed by atoms with E-state index in [1.807, 2.05) is 69.3 Å². The highest BCUT2D eigenvalue weighted by molar-refractivity contribution is 7.97. The largest absolute Gasteiger partial charge is 0.369 e. The lowest BCUT2D eigenvalue weighted by atomic mass is 9.83. The molecule has 0 saturated carbocycles. The zero-order valence-electron chi connectivity index (χ0n) is 22.1. The summed E-state index contributed by atoms with van der Waals surface area (Å²) in [6.45, 7) is 7.14. The molecule has 0 spiro atoms. The molecule has 1 aliphatic rings. The number of fused-ring (bicyclic) bond motifs is 4. The number of halogens is 1. The van der Waals surface area contributed by atoms with Gasteiger partial charge in [-0.1, -0.05) is 42.0 Å². The molecule has 0 saturated heterocycles. The molecule has 7 nitrogen and oxygen atoms in total. The molecule has 4 N–H and O–H groups in total. The monoisotopic (exact) mass is 542 g/mol. The minimum absolute atomic E-state index is 0.125. The van der Waals surface area contributed by atoms with E-state index in [2.05, 4.69) is 30.6 Å². The minimum Gasteiger partial charge on any atom is -0.369 e. The van der Waals surface area contributed by atoms with E-state index in [4.69, 9.17) is 0 Å². The fraction of sp³-hybridized carbons (Fsp3) is 0.233. The molecule has 9 heteroatoms. The molecule has 0 unspecified atom stereocenters. The number of hydrogen-bond donors (Lipinski definition) is 4. The average molecular weight is 543 g/mol. The zero-order valence-corrected chi connectivity index (χ0v) is 23.0. The van der Waals surface area contributed by atoms with Crippen LogP contribution in [0.3, 0.4) is 0 Å². The van der Waals surface area contributed by atoms with Crippen molar-refractivity contribution in [3.05, 3.63) is 89.9 Å². The van der Waals surface area contributed by atoms with Crippen molar-refractivity contribution in [2.75, 3.05) is 29.0 Å². The molecule has 1 aliphatic heterocycles. The highest BCUT2D eigenvalue weighted by Gasteiger charge is 2.30. The van der Waals surface area contributed by atoms with Gasteiger partial charge in [-0.25, -0.2) is 9.37 Å². The van der Waals surface area contributed by atoms with E-state index in [-0.39, 0.29) is 11.6 Å². The van der Waals surface area contributed by atoms with Gasteiger partial charge >= 0.3 is 0 Å². The summed E-state index contributed by atoms with van der Waals surface area (Å²) < 4.78 is 18.7. The number of anilines is 4. The van der Waals surface area contributed by atoms with Crippen LogP contribution in [-0.2, 0) is 10.2 Å². The Kier molecular flexibility index (Phi) is 7.81. The lowest BCUT2D eigenvalue weighted by Crippen LogP contribution is -2.35. The third-order valence-electron chi connectivity index (χ3n) is 6.65.